The molecule has 12 nitrogen and oxygen atoms in total. The minimum absolute atomic E-state index is 0.686. The maximum absolute atomic E-state index is 11.4. The Bertz CT molecular complexity index is 434. The third-order valence-electron chi connectivity index (χ3n) is 2.37. The zero-order valence-electron chi connectivity index (χ0n) is 9.71. The molecule has 1 aliphatic rings. The van der Waals surface area contributed by atoms with Gasteiger partial charge in [-0.1, -0.05) is 0 Å². The standard InChI is InChI=1S/C6H14O12P2/c7-2-6(5(10)4(9)3(8)1-16-6)17-20(14,15)18-19(11,12)13/h3-5,7-10H,1-2H2,(H,14,15)(H2,11,12,13)/t3-,4+,5+,6+/m0/s1. The van der Waals surface area contributed by atoms with Gasteiger partial charge in [0.15, 0.2) is 0 Å². The number of phosphoric acid groups is 2. The maximum atomic E-state index is 11.4. The minimum atomic E-state index is -5.45. The molecule has 14 heteroatoms. The van der Waals surface area contributed by atoms with Crippen molar-refractivity contribution in [2.24, 2.45) is 0 Å². The van der Waals surface area contributed by atoms with Crippen LogP contribution in [0.5, 0.6) is 0 Å². The average Bonchev–Trinajstić information content (AvgIpc) is 2.27. The molecule has 1 fully saturated rings. The molecule has 0 bridgehead atoms. The molecular weight excluding hydrogens is 326 g/mol. The summed E-state index contributed by atoms with van der Waals surface area (Å²) in [5.41, 5.74) is 0. The quantitative estimate of drug-likeness (QED) is 0.250. The van der Waals surface area contributed by atoms with Crippen molar-refractivity contribution >= 4 is 15.6 Å². The van der Waals surface area contributed by atoms with E-state index in [4.69, 9.17) is 19.8 Å². The predicted molar refractivity (Wildman–Crippen MR) is 57.8 cm³/mol. The fourth-order valence-corrected chi connectivity index (χ4v) is 3.29. The summed E-state index contributed by atoms with van der Waals surface area (Å²) in [5, 5.41) is 37.3. The second kappa shape index (κ2) is 6.05. The first kappa shape index (κ1) is 18.1. The van der Waals surface area contributed by atoms with Crippen molar-refractivity contribution in [1.82, 2.24) is 0 Å². The van der Waals surface area contributed by atoms with Crippen molar-refractivity contribution < 1.29 is 57.8 Å². The van der Waals surface area contributed by atoms with Gasteiger partial charge in [0.25, 0.3) is 0 Å². The second-order valence-corrected chi connectivity index (χ2v) is 6.67. The number of ether oxygens (including phenoxy) is 1. The monoisotopic (exact) mass is 340 g/mol. The summed E-state index contributed by atoms with van der Waals surface area (Å²) in [6, 6.07) is 0. The Morgan fingerprint density at radius 3 is 2.20 bits per heavy atom. The molecule has 1 unspecified atom stereocenters. The molecule has 0 aliphatic carbocycles. The van der Waals surface area contributed by atoms with E-state index in [0.29, 0.717) is 0 Å². The first-order chi connectivity index (χ1) is 8.92. The van der Waals surface area contributed by atoms with E-state index in [-0.39, 0.29) is 0 Å². The molecule has 20 heavy (non-hydrogen) atoms. The van der Waals surface area contributed by atoms with Gasteiger partial charge in [-0.2, -0.15) is 4.31 Å². The van der Waals surface area contributed by atoms with Crippen LogP contribution in [0.3, 0.4) is 0 Å². The van der Waals surface area contributed by atoms with Crippen LogP contribution < -0.4 is 0 Å². The summed E-state index contributed by atoms with van der Waals surface area (Å²) < 4.78 is 34.2. The summed E-state index contributed by atoms with van der Waals surface area (Å²) in [4.78, 5) is 26.0. The Kier molecular flexibility index (Phi) is 5.48. The lowest BCUT2D eigenvalue weighted by Crippen LogP contribution is -2.63. The van der Waals surface area contributed by atoms with E-state index >= 15 is 0 Å². The molecule has 5 atom stereocenters. The number of hydrogen-bond acceptors (Lipinski definition) is 9. The first-order valence-electron chi connectivity index (χ1n) is 5.02. The number of phosphoric ester groups is 1. The lowest BCUT2D eigenvalue weighted by Gasteiger charge is -2.43. The van der Waals surface area contributed by atoms with Gasteiger partial charge in [-0.15, -0.1) is 0 Å². The smallest absolute Gasteiger partial charge is 0.391 e. The van der Waals surface area contributed by atoms with Crippen LogP contribution in [0.15, 0.2) is 0 Å². The predicted octanol–water partition coefficient (Wildman–Crippen LogP) is -2.99. The molecule has 7 N–H and O–H groups in total. The molecule has 1 rings (SSSR count). The molecule has 0 aromatic rings. The summed E-state index contributed by atoms with van der Waals surface area (Å²) in [6.07, 6.45) is -5.64. The van der Waals surface area contributed by atoms with Crippen LogP contribution in [0, 0.1) is 0 Å². The Balaban J connectivity index is 2.96. The Morgan fingerprint density at radius 1 is 1.20 bits per heavy atom. The van der Waals surface area contributed by atoms with E-state index in [1.54, 1.807) is 0 Å². The molecule has 0 amide bonds. The average molecular weight is 340 g/mol. The molecule has 1 saturated heterocycles. The molecule has 0 aromatic carbocycles. The van der Waals surface area contributed by atoms with E-state index in [1.807, 2.05) is 0 Å². The fourth-order valence-electron chi connectivity index (χ4n) is 1.48. The molecule has 120 valence electrons. The molecule has 1 heterocycles. The van der Waals surface area contributed by atoms with Gasteiger partial charge >= 0.3 is 15.6 Å². The van der Waals surface area contributed by atoms with Crippen LogP contribution in [-0.4, -0.2) is 72.4 Å². The van der Waals surface area contributed by atoms with Crippen LogP contribution in [0.25, 0.3) is 0 Å². The first-order valence-corrected chi connectivity index (χ1v) is 8.04. The van der Waals surface area contributed by atoms with Crippen molar-refractivity contribution in [1.29, 1.82) is 0 Å². The van der Waals surface area contributed by atoms with Gasteiger partial charge in [0.2, 0.25) is 5.79 Å². The lowest BCUT2D eigenvalue weighted by molar-refractivity contribution is -0.322. The molecule has 1 aliphatic heterocycles. The van der Waals surface area contributed by atoms with Gasteiger partial charge < -0.3 is 39.8 Å². The van der Waals surface area contributed by atoms with Crippen LogP contribution >= 0.6 is 15.6 Å². The molecular formula is C6H14O12P2. The van der Waals surface area contributed by atoms with Crippen molar-refractivity contribution in [2.75, 3.05) is 13.2 Å². The fraction of sp³-hybridized carbons (Fsp3) is 1.00. The zero-order chi connectivity index (χ0) is 15.8. The lowest BCUT2D eigenvalue weighted by atomic mass is 9.98. The van der Waals surface area contributed by atoms with E-state index in [2.05, 4.69) is 13.6 Å². The number of hydrogen-bond donors (Lipinski definition) is 7. The summed E-state index contributed by atoms with van der Waals surface area (Å²) in [6.45, 7) is -1.96. The van der Waals surface area contributed by atoms with E-state index < -0.39 is 53.0 Å². The van der Waals surface area contributed by atoms with Crippen LogP contribution in [0.1, 0.15) is 0 Å². The summed E-state index contributed by atoms with van der Waals surface area (Å²) >= 11 is 0. The highest BCUT2D eigenvalue weighted by atomic mass is 31.3. The number of rotatable bonds is 5. The normalized spacial score (nSPS) is 38.5. The molecule has 0 radical (unpaired) electrons. The van der Waals surface area contributed by atoms with E-state index in [1.165, 1.54) is 0 Å². The van der Waals surface area contributed by atoms with Gasteiger partial charge in [-0.25, -0.2) is 13.7 Å². The minimum Gasteiger partial charge on any atom is -0.391 e. The van der Waals surface area contributed by atoms with Gasteiger partial charge in [-0.05, 0) is 0 Å². The largest absolute Gasteiger partial charge is 0.483 e. The third kappa shape index (κ3) is 4.28. The molecule has 0 spiro atoms. The van der Waals surface area contributed by atoms with Gasteiger partial charge in [-0.3, -0.25) is 0 Å². The Hall–Kier alpha value is 0.0600. The number of aliphatic hydroxyl groups excluding tert-OH is 4. The van der Waals surface area contributed by atoms with Gasteiger partial charge in [0.05, 0.1) is 6.61 Å². The van der Waals surface area contributed by atoms with Crippen LogP contribution in [0.4, 0.5) is 0 Å². The summed E-state index contributed by atoms with van der Waals surface area (Å²) in [7, 11) is -10.9. The zero-order valence-corrected chi connectivity index (χ0v) is 11.5. The van der Waals surface area contributed by atoms with Gasteiger partial charge in [0, 0.05) is 0 Å². The van der Waals surface area contributed by atoms with E-state index in [9.17, 15) is 24.4 Å². The highest BCUT2D eigenvalue weighted by Crippen LogP contribution is 2.60. The van der Waals surface area contributed by atoms with Crippen molar-refractivity contribution in [3.05, 3.63) is 0 Å². The van der Waals surface area contributed by atoms with E-state index in [0.717, 1.165) is 0 Å². The highest BCUT2D eigenvalue weighted by Gasteiger charge is 2.55. The Morgan fingerprint density at radius 2 is 1.75 bits per heavy atom. The maximum Gasteiger partial charge on any atom is 0.483 e. The van der Waals surface area contributed by atoms with Crippen LogP contribution in [0.2, 0.25) is 0 Å². The highest BCUT2D eigenvalue weighted by molar-refractivity contribution is 7.60. The molecule has 0 saturated carbocycles. The summed E-state index contributed by atoms with van der Waals surface area (Å²) in [5.74, 6) is -2.70. The second-order valence-electron chi connectivity index (χ2n) is 3.92. The Labute approximate surface area is 112 Å². The van der Waals surface area contributed by atoms with Gasteiger partial charge in [0.1, 0.15) is 24.9 Å². The van der Waals surface area contributed by atoms with Crippen molar-refractivity contribution in [3.8, 4) is 0 Å². The van der Waals surface area contributed by atoms with Crippen molar-refractivity contribution in [2.45, 2.75) is 24.1 Å². The number of aliphatic hydroxyl groups is 4. The van der Waals surface area contributed by atoms with Crippen LogP contribution in [-0.2, 0) is 22.7 Å². The molecule has 0 aromatic heterocycles. The third-order valence-corrected chi connectivity index (χ3v) is 4.58. The SMILES string of the molecule is O=P(O)(O)OP(=O)(O)O[C@@]1(CO)OC[C@H](O)[C@@H](O)[C@H]1O. The topological polar surface area (TPSA) is 203 Å². The van der Waals surface area contributed by atoms with Crippen molar-refractivity contribution in [3.63, 3.8) is 0 Å².